The number of aromatic nitrogens is 2. The van der Waals surface area contributed by atoms with Gasteiger partial charge in [-0.1, -0.05) is 6.07 Å². The molecule has 20 heavy (non-hydrogen) atoms. The van der Waals surface area contributed by atoms with Crippen LogP contribution in [0.3, 0.4) is 0 Å². The quantitative estimate of drug-likeness (QED) is 0.555. The first-order chi connectivity index (χ1) is 9.53. The highest BCUT2D eigenvalue weighted by Gasteiger charge is 2.19. The number of hydrazine groups is 1. The van der Waals surface area contributed by atoms with Gasteiger partial charge in [0.1, 0.15) is 5.82 Å². The average Bonchev–Trinajstić information content (AvgIpc) is 2.48. The van der Waals surface area contributed by atoms with Crippen molar-refractivity contribution in [1.29, 1.82) is 0 Å². The van der Waals surface area contributed by atoms with Crippen LogP contribution >= 0.6 is 0 Å². The molecular weight excluding hydrogens is 278 g/mol. The summed E-state index contributed by atoms with van der Waals surface area (Å²) in [6, 6.07) is 5.93. The summed E-state index contributed by atoms with van der Waals surface area (Å²) in [5.41, 5.74) is 3.09. The molecule has 0 amide bonds. The number of pyridine rings is 2. The van der Waals surface area contributed by atoms with Crippen LogP contribution in [0.2, 0.25) is 0 Å². The van der Waals surface area contributed by atoms with E-state index in [2.05, 4.69) is 20.1 Å². The van der Waals surface area contributed by atoms with E-state index in [9.17, 15) is 8.42 Å². The Labute approximate surface area is 117 Å². The Hall–Kier alpha value is -2.03. The summed E-state index contributed by atoms with van der Waals surface area (Å²) < 4.78 is 27.1. The number of rotatable bonds is 5. The number of hydrogen-bond donors (Lipinski definition) is 3. The number of sulfonamides is 1. The molecule has 0 aromatic carbocycles. The van der Waals surface area contributed by atoms with Gasteiger partial charge in [-0.3, -0.25) is 4.98 Å². The molecule has 1 unspecified atom stereocenters. The number of nitrogens with one attached hydrogen (secondary N) is 2. The Kier molecular flexibility index (Phi) is 4.28. The van der Waals surface area contributed by atoms with E-state index in [4.69, 9.17) is 5.84 Å². The standard InChI is InChI=1S/C12H15N5O2S/c1-9(10-3-2-5-14-8-10)17-20(18,19)11-4-6-15-12(7-11)16-13/h2-9,17H,13H2,1H3,(H,15,16). The number of nitrogens with two attached hydrogens (primary N) is 1. The molecule has 0 radical (unpaired) electrons. The Bertz CT molecular complexity index is 675. The van der Waals surface area contributed by atoms with Crippen molar-refractivity contribution in [2.24, 2.45) is 5.84 Å². The van der Waals surface area contributed by atoms with Crippen LogP contribution in [-0.4, -0.2) is 18.4 Å². The monoisotopic (exact) mass is 293 g/mol. The summed E-state index contributed by atoms with van der Waals surface area (Å²) >= 11 is 0. The summed E-state index contributed by atoms with van der Waals surface area (Å²) in [5.74, 6) is 5.50. The first-order valence-corrected chi connectivity index (χ1v) is 7.36. The lowest BCUT2D eigenvalue weighted by Crippen LogP contribution is -2.27. The van der Waals surface area contributed by atoms with Gasteiger partial charge in [-0.05, 0) is 24.6 Å². The molecule has 2 rings (SSSR count). The minimum atomic E-state index is -3.65. The van der Waals surface area contributed by atoms with Crippen LogP contribution < -0.4 is 16.0 Å². The molecular formula is C12H15N5O2S. The molecule has 0 aliphatic heterocycles. The Balaban J connectivity index is 2.23. The van der Waals surface area contributed by atoms with E-state index >= 15 is 0 Å². The van der Waals surface area contributed by atoms with Gasteiger partial charge in [0.05, 0.1) is 4.90 Å². The Morgan fingerprint density at radius 2 is 2.10 bits per heavy atom. The maximum atomic E-state index is 12.3. The molecule has 0 aliphatic carbocycles. The molecule has 0 spiro atoms. The molecule has 0 saturated carbocycles. The van der Waals surface area contributed by atoms with E-state index in [1.165, 1.54) is 18.3 Å². The highest BCUT2D eigenvalue weighted by Crippen LogP contribution is 2.17. The van der Waals surface area contributed by atoms with E-state index < -0.39 is 16.1 Å². The fourth-order valence-electron chi connectivity index (χ4n) is 1.66. The SMILES string of the molecule is CC(NS(=O)(=O)c1ccnc(NN)c1)c1cccnc1. The van der Waals surface area contributed by atoms with Crippen LogP contribution in [0.15, 0.2) is 47.8 Å². The third-order valence-corrected chi connectivity index (χ3v) is 4.24. The summed E-state index contributed by atoms with van der Waals surface area (Å²) in [6.45, 7) is 1.75. The maximum absolute atomic E-state index is 12.3. The Morgan fingerprint density at radius 3 is 2.75 bits per heavy atom. The lowest BCUT2D eigenvalue weighted by molar-refractivity contribution is 0.566. The van der Waals surface area contributed by atoms with Gasteiger partial charge < -0.3 is 5.43 Å². The van der Waals surface area contributed by atoms with E-state index in [1.807, 2.05) is 0 Å². The molecule has 8 heteroatoms. The number of nitrogens with zero attached hydrogens (tertiary/aromatic N) is 2. The summed E-state index contributed by atoms with van der Waals surface area (Å²) in [7, 11) is -3.65. The fourth-order valence-corrected chi connectivity index (χ4v) is 2.90. The van der Waals surface area contributed by atoms with Crippen molar-refractivity contribution in [3.63, 3.8) is 0 Å². The molecule has 0 saturated heterocycles. The van der Waals surface area contributed by atoms with Gasteiger partial charge in [0.25, 0.3) is 0 Å². The fraction of sp³-hybridized carbons (Fsp3) is 0.167. The molecule has 1 atom stereocenters. The van der Waals surface area contributed by atoms with Gasteiger partial charge in [-0.25, -0.2) is 24.0 Å². The average molecular weight is 293 g/mol. The van der Waals surface area contributed by atoms with Crippen LogP contribution in [0.5, 0.6) is 0 Å². The first kappa shape index (κ1) is 14.4. The van der Waals surface area contributed by atoms with Gasteiger partial charge in [0.2, 0.25) is 10.0 Å². The van der Waals surface area contributed by atoms with E-state index in [-0.39, 0.29) is 10.7 Å². The van der Waals surface area contributed by atoms with Crippen molar-refractivity contribution in [2.45, 2.75) is 17.9 Å². The van der Waals surface area contributed by atoms with Crippen molar-refractivity contribution in [2.75, 3.05) is 5.43 Å². The minimum absolute atomic E-state index is 0.0937. The van der Waals surface area contributed by atoms with Crippen molar-refractivity contribution in [3.05, 3.63) is 48.4 Å². The molecule has 0 fully saturated rings. The number of hydrogen-bond acceptors (Lipinski definition) is 6. The lowest BCUT2D eigenvalue weighted by atomic mass is 10.2. The minimum Gasteiger partial charge on any atom is -0.308 e. The second-order valence-electron chi connectivity index (χ2n) is 4.15. The van der Waals surface area contributed by atoms with E-state index in [0.29, 0.717) is 0 Å². The van der Waals surface area contributed by atoms with Crippen molar-refractivity contribution >= 4 is 15.8 Å². The summed E-state index contributed by atoms with van der Waals surface area (Å²) in [4.78, 5) is 7.93. The third kappa shape index (κ3) is 3.29. The smallest absolute Gasteiger partial charge is 0.241 e. The zero-order valence-corrected chi connectivity index (χ0v) is 11.6. The van der Waals surface area contributed by atoms with Crippen molar-refractivity contribution in [3.8, 4) is 0 Å². The highest BCUT2D eigenvalue weighted by molar-refractivity contribution is 7.89. The number of nitrogen functional groups attached to an aromatic ring is 1. The number of anilines is 1. The third-order valence-electron chi connectivity index (χ3n) is 2.71. The topological polar surface area (TPSA) is 110 Å². The Morgan fingerprint density at radius 1 is 1.30 bits per heavy atom. The maximum Gasteiger partial charge on any atom is 0.241 e. The predicted molar refractivity (Wildman–Crippen MR) is 75.0 cm³/mol. The second-order valence-corrected chi connectivity index (χ2v) is 5.86. The largest absolute Gasteiger partial charge is 0.308 e. The van der Waals surface area contributed by atoms with E-state index in [0.717, 1.165) is 5.56 Å². The molecule has 2 aromatic rings. The first-order valence-electron chi connectivity index (χ1n) is 5.88. The van der Waals surface area contributed by atoms with Crippen molar-refractivity contribution < 1.29 is 8.42 Å². The molecule has 106 valence electrons. The molecule has 0 bridgehead atoms. The molecule has 7 nitrogen and oxygen atoms in total. The summed E-state index contributed by atoms with van der Waals surface area (Å²) in [6.07, 6.45) is 4.62. The van der Waals surface area contributed by atoms with Gasteiger partial charge >= 0.3 is 0 Å². The van der Waals surface area contributed by atoms with Crippen LogP contribution in [0.25, 0.3) is 0 Å². The van der Waals surface area contributed by atoms with Gasteiger partial charge in [-0.2, -0.15) is 0 Å². The van der Waals surface area contributed by atoms with Gasteiger partial charge in [-0.15, -0.1) is 0 Å². The van der Waals surface area contributed by atoms with Crippen LogP contribution in [0.1, 0.15) is 18.5 Å². The lowest BCUT2D eigenvalue weighted by Gasteiger charge is -2.14. The van der Waals surface area contributed by atoms with Crippen LogP contribution in [-0.2, 0) is 10.0 Å². The van der Waals surface area contributed by atoms with E-state index in [1.54, 1.807) is 31.5 Å². The van der Waals surface area contributed by atoms with Gasteiger partial charge in [0.15, 0.2) is 0 Å². The second kappa shape index (κ2) is 5.95. The van der Waals surface area contributed by atoms with Gasteiger partial charge in [0, 0.05) is 30.7 Å². The molecule has 2 aromatic heterocycles. The highest BCUT2D eigenvalue weighted by atomic mass is 32.2. The zero-order chi connectivity index (χ0) is 14.6. The zero-order valence-electron chi connectivity index (χ0n) is 10.8. The molecule has 0 aliphatic rings. The van der Waals surface area contributed by atoms with Crippen molar-refractivity contribution in [1.82, 2.24) is 14.7 Å². The molecule has 4 N–H and O–H groups in total. The van der Waals surface area contributed by atoms with Crippen LogP contribution in [0.4, 0.5) is 5.82 Å². The van der Waals surface area contributed by atoms with Crippen LogP contribution in [0, 0.1) is 0 Å². The summed E-state index contributed by atoms with van der Waals surface area (Å²) in [5, 5.41) is 0. The predicted octanol–water partition coefficient (Wildman–Crippen LogP) is 0.802. The normalized spacial score (nSPS) is 12.9. The molecule has 2 heterocycles.